The van der Waals surface area contributed by atoms with Gasteiger partial charge in [-0.3, -0.25) is 4.79 Å². The minimum atomic E-state index is 0.0217. The molecule has 0 unspecified atom stereocenters. The number of hydrogen-bond acceptors (Lipinski definition) is 1. The molecule has 1 aromatic carbocycles. The minimum Gasteiger partial charge on any atom is -0.308 e. The van der Waals surface area contributed by atoms with E-state index in [1.54, 1.807) is 6.07 Å². The number of aromatic nitrogens is 1. The predicted octanol–water partition coefficient (Wildman–Crippen LogP) is 3.29. The summed E-state index contributed by atoms with van der Waals surface area (Å²) in [7, 11) is 0. The summed E-state index contributed by atoms with van der Waals surface area (Å²) in [6.07, 6.45) is 1.96. The molecule has 0 aliphatic carbocycles. The van der Waals surface area contributed by atoms with Crippen molar-refractivity contribution in [2.24, 2.45) is 0 Å². The number of nitrogens with zero attached hydrogens (tertiary/aromatic N) is 1. The maximum atomic E-state index is 12.5. The molecule has 0 saturated carbocycles. The normalized spacial score (nSPS) is 14.3. The van der Waals surface area contributed by atoms with E-state index in [4.69, 9.17) is 0 Å². The fraction of sp³-hybridized carbons (Fsp3) is 0.389. The second-order valence-electron chi connectivity index (χ2n) is 6.68. The van der Waals surface area contributed by atoms with Crippen molar-refractivity contribution < 1.29 is 0 Å². The molecule has 2 aromatic rings. The van der Waals surface area contributed by atoms with Crippen LogP contribution in [0.3, 0.4) is 0 Å². The quantitative estimate of drug-likeness (QED) is 0.718. The van der Waals surface area contributed by atoms with Crippen LogP contribution in [0.25, 0.3) is 0 Å². The Hall–Kier alpha value is -1.83. The van der Waals surface area contributed by atoms with E-state index in [0.29, 0.717) is 6.54 Å². The van der Waals surface area contributed by atoms with Crippen molar-refractivity contribution in [2.45, 2.75) is 45.6 Å². The lowest BCUT2D eigenvalue weighted by Crippen LogP contribution is -2.26. The van der Waals surface area contributed by atoms with Gasteiger partial charge in [0.2, 0.25) is 0 Å². The molecule has 0 amide bonds. The highest BCUT2D eigenvalue weighted by molar-refractivity contribution is 5.33. The Morgan fingerprint density at radius 1 is 1.00 bits per heavy atom. The first-order valence-corrected chi connectivity index (χ1v) is 7.26. The zero-order chi connectivity index (χ0) is 14.3. The second kappa shape index (κ2) is 4.62. The van der Waals surface area contributed by atoms with Gasteiger partial charge in [-0.1, -0.05) is 45.0 Å². The smallest absolute Gasteiger partial charge is 0.251 e. The number of benzene rings is 1. The second-order valence-corrected chi connectivity index (χ2v) is 6.68. The lowest BCUT2D eigenvalue weighted by atomic mass is 9.87. The standard InChI is InChI=1S/C18H21NO/c1-18(2,3)15-10-16-9-8-13-6-4-5-7-14(13)12-19(16)17(20)11-15/h4-7,10-11H,8-9,12H2,1-3H3. The van der Waals surface area contributed by atoms with Crippen molar-refractivity contribution in [2.75, 3.05) is 0 Å². The molecule has 2 nitrogen and oxygen atoms in total. The fourth-order valence-electron chi connectivity index (χ4n) is 2.86. The van der Waals surface area contributed by atoms with Crippen molar-refractivity contribution in [3.63, 3.8) is 0 Å². The van der Waals surface area contributed by atoms with Crippen LogP contribution in [0.4, 0.5) is 0 Å². The van der Waals surface area contributed by atoms with Crippen molar-refractivity contribution in [1.29, 1.82) is 0 Å². The molecule has 1 aliphatic heterocycles. The number of pyridine rings is 1. The maximum Gasteiger partial charge on any atom is 0.251 e. The van der Waals surface area contributed by atoms with E-state index in [-0.39, 0.29) is 11.0 Å². The molecule has 0 saturated heterocycles. The summed E-state index contributed by atoms with van der Waals surface area (Å²) in [6.45, 7) is 7.17. The van der Waals surface area contributed by atoms with Crippen molar-refractivity contribution in [3.05, 3.63) is 69.1 Å². The molecular formula is C18H21NO. The molecule has 0 radical (unpaired) electrons. The molecule has 0 atom stereocenters. The number of aryl methyl sites for hydroxylation is 2. The van der Waals surface area contributed by atoms with Crippen LogP contribution in [0.1, 0.15) is 43.2 Å². The molecule has 3 rings (SSSR count). The summed E-state index contributed by atoms with van der Waals surface area (Å²) in [5.74, 6) is 0. The van der Waals surface area contributed by atoms with Gasteiger partial charge in [0.05, 0.1) is 6.54 Å². The molecule has 0 spiro atoms. The zero-order valence-electron chi connectivity index (χ0n) is 12.4. The molecule has 0 N–H and O–H groups in total. The van der Waals surface area contributed by atoms with Gasteiger partial charge in [-0.05, 0) is 41.0 Å². The third-order valence-electron chi connectivity index (χ3n) is 4.18. The molecule has 2 heteroatoms. The van der Waals surface area contributed by atoms with Gasteiger partial charge >= 0.3 is 0 Å². The van der Waals surface area contributed by atoms with Gasteiger partial charge in [0.1, 0.15) is 0 Å². The Balaban J connectivity index is 2.12. The average molecular weight is 267 g/mol. The van der Waals surface area contributed by atoms with Crippen LogP contribution in [0.2, 0.25) is 0 Å². The van der Waals surface area contributed by atoms with Gasteiger partial charge in [0, 0.05) is 11.8 Å². The van der Waals surface area contributed by atoms with Gasteiger partial charge in [-0.15, -0.1) is 0 Å². The summed E-state index contributed by atoms with van der Waals surface area (Å²) >= 11 is 0. The summed E-state index contributed by atoms with van der Waals surface area (Å²) in [4.78, 5) is 12.5. The monoisotopic (exact) mass is 267 g/mol. The third-order valence-corrected chi connectivity index (χ3v) is 4.18. The van der Waals surface area contributed by atoms with Gasteiger partial charge in [0.25, 0.3) is 5.56 Å². The van der Waals surface area contributed by atoms with E-state index in [0.717, 1.165) is 18.4 Å². The average Bonchev–Trinajstić information content (AvgIpc) is 2.57. The lowest BCUT2D eigenvalue weighted by Gasteiger charge is -2.21. The van der Waals surface area contributed by atoms with Crippen LogP contribution < -0.4 is 5.56 Å². The largest absolute Gasteiger partial charge is 0.308 e. The highest BCUT2D eigenvalue weighted by Crippen LogP contribution is 2.24. The zero-order valence-corrected chi connectivity index (χ0v) is 12.4. The van der Waals surface area contributed by atoms with Gasteiger partial charge < -0.3 is 4.57 Å². The molecule has 2 heterocycles. The summed E-state index contributed by atoms with van der Waals surface area (Å²) in [5, 5.41) is 0. The Labute approximate surface area is 120 Å². The summed E-state index contributed by atoms with van der Waals surface area (Å²) in [6, 6.07) is 12.5. The summed E-state index contributed by atoms with van der Waals surface area (Å²) < 4.78 is 1.93. The van der Waals surface area contributed by atoms with E-state index in [2.05, 4.69) is 51.1 Å². The first-order chi connectivity index (χ1) is 9.45. The van der Waals surface area contributed by atoms with Gasteiger partial charge in [-0.2, -0.15) is 0 Å². The highest BCUT2D eigenvalue weighted by Gasteiger charge is 2.19. The molecule has 0 fully saturated rings. The van der Waals surface area contributed by atoms with E-state index < -0.39 is 0 Å². The first kappa shape index (κ1) is 13.2. The van der Waals surface area contributed by atoms with Crippen molar-refractivity contribution in [3.8, 4) is 0 Å². The molecular weight excluding hydrogens is 246 g/mol. The minimum absolute atomic E-state index is 0.0217. The summed E-state index contributed by atoms with van der Waals surface area (Å²) in [5.41, 5.74) is 5.10. The van der Waals surface area contributed by atoms with Crippen LogP contribution in [0.5, 0.6) is 0 Å². The lowest BCUT2D eigenvalue weighted by molar-refractivity contribution is 0.580. The Bertz CT molecular complexity index is 704. The molecule has 1 aromatic heterocycles. The van der Waals surface area contributed by atoms with E-state index in [9.17, 15) is 4.79 Å². The Morgan fingerprint density at radius 2 is 1.70 bits per heavy atom. The van der Waals surface area contributed by atoms with Crippen LogP contribution in [0.15, 0.2) is 41.2 Å². The Kier molecular flexibility index (Phi) is 3.04. The van der Waals surface area contributed by atoms with E-state index >= 15 is 0 Å². The number of hydrogen-bond donors (Lipinski definition) is 0. The molecule has 104 valence electrons. The van der Waals surface area contributed by atoms with Gasteiger partial charge in [-0.25, -0.2) is 0 Å². The van der Waals surface area contributed by atoms with Crippen molar-refractivity contribution >= 4 is 0 Å². The molecule has 20 heavy (non-hydrogen) atoms. The SMILES string of the molecule is CC(C)(C)c1cc2n(c(=O)c1)Cc1ccccc1CC2. The van der Waals surface area contributed by atoms with E-state index in [1.807, 2.05) is 4.57 Å². The number of rotatable bonds is 0. The van der Waals surface area contributed by atoms with Crippen LogP contribution >= 0.6 is 0 Å². The van der Waals surface area contributed by atoms with Crippen LogP contribution in [0, 0.1) is 0 Å². The molecule has 0 bridgehead atoms. The topological polar surface area (TPSA) is 22.0 Å². The predicted molar refractivity (Wildman–Crippen MR) is 82.4 cm³/mol. The van der Waals surface area contributed by atoms with E-state index in [1.165, 1.54) is 16.8 Å². The van der Waals surface area contributed by atoms with Gasteiger partial charge in [0.15, 0.2) is 0 Å². The Morgan fingerprint density at radius 3 is 2.40 bits per heavy atom. The number of fused-ring (bicyclic) bond motifs is 2. The molecule has 1 aliphatic rings. The van der Waals surface area contributed by atoms with Crippen LogP contribution in [-0.4, -0.2) is 4.57 Å². The maximum absolute atomic E-state index is 12.5. The van der Waals surface area contributed by atoms with Crippen LogP contribution in [-0.2, 0) is 24.8 Å². The highest BCUT2D eigenvalue weighted by atomic mass is 16.1. The third kappa shape index (κ3) is 2.31. The van der Waals surface area contributed by atoms with Crippen molar-refractivity contribution in [1.82, 2.24) is 4.57 Å². The first-order valence-electron chi connectivity index (χ1n) is 7.26. The fourth-order valence-corrected chi connectivity index (χ4v) is 2.86.